The van der Waals surface area contributed by atoms with Gasteiger partial charge in [-0.2, -0.15) is 0 Å². The molecule has 4 aliphatic rings. The van der Waals surface area contributed by atoms with Crippen molar-refractivity contribution >= 4 is 0 Å². The summed E-state index contributed by atoms with van der Waals surface area (Å²) in [4.78, 5) is 0. The summed E-state index contributed by atoms with van der Waals surface area (Å²) in [6, 6.07) is 0. The lowest BCUT2D eigenvalue weighted by Gasteiger charge is -2.20. The zero-order valence-electron chi connectivity index (χ0n) is 12.1. The number of ether oxygens (including phenoxy) is 2. The molecule has 3 nitrogen and oxygen atoms in total. The molecule has 4 aliphatic heterocycles. The maximum Gasteiger partial charge on any atom is 0.0808 e. The van der Waals surface area contributed by atoms with Gasteiger partial charge in [-0.05, 0) is 25.3 Å². The molecule has 7 atom stereocenters. The normalized spacial score (nSPS) is 48.7. The second-order valence-corrected chi connectivity index (χ2v) is 6.27. The van der Waals surface area contributed by atoms with Crippen molar-refractivity contribution in [3.05, 3.63) is 24.3 Å². The first-order chi connectivity index (χ1) is 9.19. The van der Waals surface area contributed by atoms with Gasteiger partial charge in [-0.3, -0.25) is 0 Å². The minimum atomic E-state index is 0.391. The molecule has 0 radical (unpaired) electrons. The third-order valence-corrected chi connectivity index (χ3v) is 4.87. The minimum absolute atomic E-state index is 0.391. The predicted molar refractivity (Wildman–Crippen MR) is 76.0 cm³/mol. The van der Waals surface area contributed by atoms with Gasteiger partial charge in [0.1, 0.15) is 0 Å². The van der Waals surface area contributed by atoms with E-state index in [1.54, 1.807) is 0 Å². The van der Waals surface area contributed by atoms with Crippen LogP contribution in [0.3, 0.4) is 0 Å². The minimum Gasteiger partial charge on any atom is -0.367 e. The molecule has 4 bridgehead atoms. The van der Waals surface area contributed by atoms with Gasteiger partial charge in [0.05, 0.1) is 24.4 Å². The van der Waals surface area contributed by atoms with E-state index in [0.717, 1.165) is 12.5 Å². The maximum atomic E-state index is 5.70. The summed E-state index contributed by atoms with van der Waals surface area (Å²) in [5, 5.41) is 3.21. The molecule has 4 rings (SSSR count). The zero-order valence-corrected chi connectivity index (χ0v) is 12.1. The van der Waals surface area contributed by atoms with Crippen molar-refractivity contribution in [2.75, 3.05) is 13.6 Å². The van der Waals surface area contributed by atoms with Crippen LogP contribution in [0.5, 0.6) is 0 Å². The van der Waals surface area contributed by atoms with Gasteiger partial charge in [0, 0.05) is 12.5 Å². The second-order valence-electron chi connectivity index (χ2n) is 6.27. The molecule has 3 heteroatoms. The summed E-state index contributed by atoms with van der Waals surface area (Å²) in [5.41, 5.74) is 0. The van der Waals surface area contributed by atoms with E-state index in [9.17, 15) is 0 Å². The largest absolute Gasteiger partial charge is 0.367 e. The lowest BCUT2D eigenvalue weighted by molar-refractivity contribution is 0.104. The quantitative estimate of drug-likeness (QED) is 0.774. The molecule has 19 heavy (non-hydrogen) atoms. The molecule has 106 valence electrons. The van der Waals surface area contributed by atoms with Crippen molar-refractivity contribution in [2.45, 2.75) is 44.7 Å². The summed E-state index contributed by atoms with van der Waals surface area (Å²) in [6.07, 6.45) is 11.7. The summed E-state index contributed by atoms with van der Waals surface area (Å²) >= 11 is 0. The van der Waals surface area contributed by atoms with Crippen LogP contribution >= 0.6 is 0 Å². The van der Waals surface area contributed by atoms with Crippen LogP contribution < -0.4 is 5.32 Å². The van der Waals surface area contributed by atoms with Gasteiger partial charge in [0.25, 0.3) is 0 Å². The van der Waals surface area contributed by atoms with E-state index in [4.69, 9.17) is 9.47 Å². The molecule has 0 aromatic carbocycles. The summed E-state index contributed by atoms with van der Waals surface area (Å²) < 4.78 is 11.2. The van der Waals surface area contributed by atoms with Crippen LogP contribution in [0.1, 0.15) is 20.3 Å². The number of fused-ring (bicyclic) bond motifs is 4. The average Bonchev–Trinajstić information content (AvgIpc) is 3.13. The molecule has 0 aromatic rings. The van der Waals surface area contributed by atoms with Crippen molar-refractivity contribution in [3.63, 3.8) is 0 Å². The van der Waals surface area contributed by atoms with Crippen LogP contribution in [0.15, 0.2) is 24.3 Å². The Kier molecular flexibility index (Phi) is 3.79. The standard InChI is InChI=1S/C9H15NO.C7H10O/c1-6-7(5-10-2)9-4-3-8(6)11-9;1-5-4-6-2-3-7(5)8-6/h3-4,6-10H,5H2,1-2H3;2-3,5-7H,4H2,1H3. The average molecular weight is 263 g/mol. The van der Waals surface area contributed by atoms with E-state index >= 15 is 0 Å². The number of hydrogen-bond donors (Lipinski definition) is 1. The molecule has 1 N–H and O–H groups in total. The monoisotopic (exact) mass is 263 g/mol. The highest BCUT2D eigenvalue weighted by molar-refractivity contribution is 5.13. The highest BCUT2D eigenvalue weighted by Crippen LogP contribution is 2.38. The molecule has 0 saturated carbocycles. The number of hydrogen-bond acceptors (Lipinski definition) is 3. The Labute approximate surface area is 116 Å². The zero-order chi connectivity index (χ0) is 13.4. The van der Waals surface area contributed by atoms with E-state index in [2.05, 4.69) is 43.5 Å². The Bertz CT molecular complexity index is 379. The summed E-state index contributed by atoms with van der Waals surface area (Å²) in [7, 11) is 2.00. The highest BCUT2D eigenvalue weighted by atomic mass is 16.5. The fourth-order valence-corrected chi connectivity index (χ4v) is 3.60. The maximum absolute atomic E-state index is 5.70. The first kappa shape index (κ1) is 13.3. The van der Waals surface area contributed by atoms with Gasteiger partial charge < -0.3 is 14.8 Å². The van der Waals surface area contributed by atoms with Crippen molar-refractivity contribution in [1.29, 1.82) is 0 Å². The molecule has 0 aromatic heterocycles. The van der Waals surface area contributed by atoms with Gasteiger partial charge in [-0.25, -0.2) is 0 Å². The van der Waals surface area contributed by atoms with Crippen molar-refractivity contribution in [2.24, 2.45) is 17.8 Å². The van der Waals surface area contributed by atoms with E-state index in [-0.39, 0.29) is 0 Å². The van der Waals surface area contributed by atoms with Crippen LogP contribution in [0, 0.1) is 17.8 Å². The Hall–Kier alpha value is -0.640. The Morgan fingerprint density at radius 3 is 2.16 bits per heavy atom. The highest BCUT2D eigenvalue weighted by Gasteiger charge is 2.42. The fraction of sp³-hybridized carbons (Fsp3) is 0.750. The Morgan fingerprint density at radius 1 is 1.00 bits per heavy atom. The van der Waals surface area contributed by atoms with Crippen LogP contribution in [0.4, 0.5) is 0 Å². The van der Waals surface area contributed by atoms with Gasteiger partial charge >= 0.3 is 0 Å². The van der Waals surface area contributed by atoms with E-state index < -0.39 is 0 Å². The van der Waals surface area contributed by atoms with Gasteiger partial charge in [-0.1, -0.05) is 38.2 Å². The lowest BCUT2D eigenvalue weighted by Crippen LogP contribution is -2.30. The van der Waals surface area contributed by atoms with Crippen molar-refractivity contribution in [3.8, 4) is 0 Å². The Balaban J connectivity index is 0.000000122. The molecule has 2 fully saturated rings. The lowest BCUT2D eigenvalue weighted by atomic mass is 9.84. The van der Waals surface area contributed by atoms with E-state index in [1.165, 1.54) is 6.42 Å². The van der Waals surface area contributed by atoms with Crippen molar-refractivity contribution < 1.29 is 9.47 Å². The van der Waals surface area contributed by atoms with Crippen LogP contribution in [-0.4, -0.2) is 38.0 Å². The predicted octanol–water partition coefficient (Wildman–Crippen LogP) is 2.15. The third-order valence-electron chi connectivity index (χ3n) is 4.87. The number of rotatable bonds is 2. The van der Waals surface area contributed by atoms with E-state index in [1.807, 2.05) is 7.05 Å². The molecule has 7 unspecified atom stereocenters. The van der Waals surface area contributed by atoms with Gasteiger partial charge in [0.2, 0.25) is 0 Å². The third kappa shape index (κ3) is 2.51. The molecule has 0 amide bonds. The second kappa shape index (κ2) is 5.39. The molecule has 4 heterocycles. The molecule has 0 spiro atoms. The summed E-state index contributed by atoms with van der Waals surface area (Å²) in [6.45, 7) is 5.59. The summed E-state index contributed by atoms with van der Waals surface area (Å²) in [5.74, 6) is 2.15. The first-order valence-electron chi connectivity index (χ1n) is 7.51. The van der Waals surface area contributed by atoms with Crippen molar-refractivity contribution in [1.82, 2.24) is 5.32 Å². The van der Waals surface area contributed by atoms with Crippen LogP contribution in [0.2, 0.25) is 0 Å². The topological polar surface area (TPSA) is 30.5 Å². The molecule has 2 saturated heterocycles. The van der Waals surface area contributed by atoms with Crippen LogP contribution in [-0.2, 0) is 9.47 Å². The van der Waals surface area contributed by atoms with Crippen LogP contribution in [0.25, 0.3) is 0 Å². The molecular formula is C16H25NO2. The molecular weight excluding hydrogens is 238 g/mol. The fourth-order valence-electron chi connectivity index (χ4n) is 3.60. The van der Waals surface area contributed by atoms with E-state index in [0.29, 0.717) is 36.3 Å². The van der Waals surface area contributed by atoms with Gasteiger partial charge in [-0.15, -0.1) is 0 Å². The van der Waals surface area contributed by atoms with Gasteiger partial charge in [0.15, 0.2) is 0 Å². The first-order valence-corrected chi connectivity index (χ1v) is 7.51. The smallest absolute Gasteiger partial charge is 0.0808 e. The Morgan fingerprint density at radius 2 is 1.74 bits per heavy atom. The molecule has 0 aliphatic carbocycles. The number of nitrogens with one attached hydrogen (secondary N) is 1. The SMILES string of the molecule is CC1CC2C=CC1O2.CNCC1C2C=CC(O2)C1C.